The molecule has 7 nitrogen and oxygen atoms in total. The number of hydrogen-bond acceptors (Lipinski definition) is 4. The number of carbonyl (C=O) groups is 1. The van der Waals surface area contributed by atoms with E-state index in [-0.39, 0.29) is 42.5 Å². The zero-order chi connectivity index (χ0) is 20.9. The molecule has 1 aromatic carbocycles. The maximum Gasteiger partial charge on any atom is 0.243 e. The molecule has 0 aliphatic heterocycles. The summed E-state index contributed by atoms with van der Waals surface area (Å²) in [7, 11) is 3.45. The third kappa shape index (κ3) is 10.0. The molecule has 1 atom stereocenters. The van der Waals surface area contributed by atoms with Gasteiger partial charge >= 0.3 is 0 Å². The number of benzene rings is 1. The summed E-state index contributed by atoms with van der Waals surface area (Å²) in [4.78, 5) is 17.7. The van der Waals surface area contributed by atoms with E-state index in [4.69, 9.17) is 9.47 Å². The van der Waals surface area contributed by atoms with Crippen molar-refractivity contribution < 1.29 is 14.3 Å². The number of rotatable bonds is 11. The predicted molar refractivity (Wildman–Crippen MR) is 130 cm³/mol. The Morgan fingerprint density at radius 2 is 1.72 bits per heavy atom. The fraction of sp³-hybridized carbons (Fsp3) is 0.619. The van der Waals surface area contributed by atoms with E-state index in [0.29, 0.717) is 25.7 Å². The zero-order valence-corrected chi connectivity index (χ0v) is 20.9. The molecule has 29 heavy (non-hydrogen) atoms. The van der Waals surface area contributed by atoms with Gasteiger partial charge in [-0.2, -0.15) is 0 Å². The number of ether oxygens (including phenoxy) is 2. The lowest BCUT2D eigenvalue weighted by Crippen LogP contribution is -2.39. The molecule has 166 valence electrons. The second kappa shape index (κ2) is 15.2. The second-order valence-electron chi connectivity index (χ2n) is 6.75. The number of hydrogen-bond donors (Lipinski definition) is 2. The first kappa shape index (κ1) is 27.3. The third-order valence-corrected chi connectivity index (χ3v) is 3.96. The van der Waals surface area contributed by atoms with Gasteiger partial charge in [-0.25, -0.2) is 4.99 Å². The number of likely N-dealkylation sites (N-methyl/N-ethyl adjacent to an activating group) is 1. The highest BCUT2D eigenvalue weighted by Crippen LogP contribution is 2.31. The first-order valence-corrected chi connectivity index (χ1v) is 10.1. The van der Waals surface area contributed by atoms with Crippen molar-refractivity contribution in [2.24, 2.45) is 4.99 Å². The molecule has 0 aromatic heterocycles. The first-order valence-electron chi connectivity index (χ1n) is 10.1. The summed E-state index contributed by atoms with van der Waals surface area (Å²) in [5.74, 6) is 2.08. The fourth-order valence-corrected chi connectivity index (χ4v) is 2.35. The normalized spacial score (nSPS) is 11.9. The van der Waals surface area contributed by atoms with Crippen LogP contribution in [0.25, 0.3) is 0 Å². The van der Waals surface area contributed by atoms with Gasteiger partial charge in [-0.1, -0.05) is 19.9 Å². The Balaban J connectivity index is 0.00000784. The summed E-state index contributed by atoms with van der Waals surface area (Å²) in [5, 5.41) is 6.52. The van der Waals surface area contributed by atoms with E-state index in [0.717, 1.165) is 29.9 Å². The standard InChI is InChI=1S/C21H36N4O3.HI/c1-7-12-27-18-11-10-17(14-19(18)28-13-8-2)16(4)24-21(22-9-3)23-15-20(26)25(5)6;/h10-11,14,16H,7-9,12-13,15H2,1-6H3,(H2,22,23,24);1H. The smallest absolute Gasteiger partial charge is 0.243 e. The van der Waals surface area contributed by atoms with Gasteiger partial charge in [-0.15, -0.1) is 24.0 Å². The number of guanidine groups is 1. The van der Waals surface area contributed by atoms with Gasteiger partial charge in [0.2, 0.25) is 5.91 Å². The zero-order valence-electron chi connectivity index (χ0n) is 18.6. The maximum absolute atomic E-state index is 11.8. The van der Waals surface area contributed by atoms with Crippen molar-refractivity contribution in [3.63, 3.8) is 0 Å². The molecule has 1 aromatic rings. The third-order valence-electron chi connectivity index (χ3n) is 3.96. The minimum Gasteiger partial charge on any atom is -0.490 e. The van der Waals surface area contributed by atoms with Gasteiger partial charge in [0.15, 0.2) is 17.5 Å². The molecule has 8 heteroatoms. The molecule has 0 saturated carbocycles. The van der Waals surface area contributed by atoms with Crippen molar-refractivity contribution in [1.82, 2.24) is 15.5 Å². The number of amides is 1. The van der Waals surface area contributed by atoms with Crippen LogP contribution >= 0.6 is 24.0 Å². The summed E-state index contributed by atoms with van der Waals surface area (Å²) >= 11 is 0. The number of carbonyl (C=O) groups excluding carboxylic acids is 1. The molecular weight excluding hydrogens is 483 g/mol. The average Bonchev–Trinajstić information content (AvgIpc) is 2.68. The number of nitrogens with zero attached hydrogens (tertiary/aromatic N) is 2. The largest absolute Gasteiger partial charge is 0.490 e. The number of halogens is 1. The van der Waals surface area contributed by atoms with Gasteiger partial charge in [0.25, 0.3) is 0 Å². The molecule has 0 radical (unpaired) electrons. The summed E-state index contributed by atoms with van der Waals surface area (Å²) in [6.07, 6.45) is 1.88. The Morgan fingerprint density at radius 1 is 1.10 bits per heavy atom. The number of aliphatic imine (C=N–C) groups is 1. The van der Waals surface area contributed by atoms with Crippen LogP contribution < -0.4 is 20.1 Å². The van der Waals surface area contributed by atoms with E-state index in [1.54, 1.807) is 14.1 Å². The van der Waals surface area contributed by atoms with Gasteiger partial charge in [-0.3, -0.25) is 4.79 Å². The summed E-state index contributed by atoms with van der Waals surface area (Å²) in [6, 6.07) is 5.97. The van der Waals surface area contributed by atoms with Crippen LogP contribution in [0.2, 0.25) is 0 Å². The van der Waals surface area contributed by atoms with Crippen molar-refractivity contribution >= 4 is 35.8 Å². The van der Waals surface area contributed by atoms with Crippen LogP contribution in [0.5, 0.6) is 11.5 Å². The Hall–Kier alpha value is -1.71. The highest BCUT2D eigenvalue weighted by molar-refractivity contribution is 14.0. The van der Waals surface area contributed by atoms with E-state index in [2.05, 4.69) is 29.5 Å². The molecule has 0 saturated heterocycles. The van der Waals surface area contributed by atoms with E-state index in [1.165, 1.54) is 4.90 Å². The minimum atomic E-state index is -0.0440. The van der Waals surface area contributed by atoms with Crippen molar-refractivity contribution in [2.45, 2.75) is 46.6 Å². The lowest BCUT2D eigenvalue weighted by molar-refractivity contribution is -0.127. The quantitative estimate of drug-likeness (QED) is 0.265. The topological polar surface area (TPSA) is 75.2 Å². The maximum atomic E-state index is 11.8. The monoisotopic (exact) mass is 520 g/mol. The highest BCUT2D eigenvalue weighted by Gasteiger charge is 2.13. The molecule has 0 aliphatic rings. The highest BCUT2D eigenvalue weighted by atomic mass is 127. The van der Waals surface area contributed by atoms with E-state index >= 15 is 0 Å². The second-order valence-corrected chi connectivity index (χ2v) is 6.75. The Morgan fingerprint density at radius 3 is 2.28 bits per heavy atom. The Bertz CT molecular complexity index is 638. The van der Waals surface area contributed by atoms with Crippen LogP contribution in [0.4, 0.5) is 0 Å². The van der Waals surface area contributed by atoms with E-state index in [1.807, 2.05) is 32.0 Å². The van der Waals surface area contributed by atoms with Crippen LogP contribution in [0.15, 0.2) is 23.2 Å². The Labute approximate surface area is 192 Å². The van der Waals surface area contributed by atoms with Gasteiger partial charge in [0.1, 0.15) is 6.54 Å². The van der Waals surface area contributed by atoms with Crippen LogP contribution in [-0.4, -0.2) is 57.2 Å². The molecule has 0 fully saturated rings. The SMILES string of the molecule is CCCOc1ccc(C(C)NC(=NCC(=O)N(C)C)NCC)cc1OCCC.I. The van der Waals surface area contributed by atoms with E-state index in [9.17, 15) is 4.79 Å². The van der Waals surface area contributed by atoms with Crippen molar-refractivity contribution in [1.29, 1.82) is 0 Å². The molecule has 0 bridgehead atoms. The van der Waals surface area contributed by atoms with Crippen molar-refractivity contribution in [3.05, 3.63) is 23.8 Å². The molecule has 0 spiro atoms. The van der Waals surface area contributed by atoms with Crippen LogP contribution in [0.1, 0.15) is 52.1 Å². The van der Waals surface area contributed by atoms with Gasteiger partial charge in [0.05, 0.1) is 19.3 Å². The molecule has 2 N–H and O–H groups in total. The molecule has 1 amide bonds. The van der Waals surface area contributed by atoms with Crippen LogP contribution in [0, 0.1) is 0 Å². The number of nitrogens with one attached hydrogen (secondary N) is 2. The molecular formula is C21H37IN4O3. The van der Waals surface area contributed by atoms with Crippen molar-refractivity contribution in [2.75, 3.05) is 40.4 Å². The van der Waals surface area contributed by atoms with Gasteiger partial charge in [-0.05, 0) is 44.4 Å². The lowest BCUT2D eigenvalue weighted by Gasteiger charge is -2.20. The van der Waals surface area contributed by atoms with Crippen LogP contribution in [-0.2, 0) is 4.79 Å². The van der Waals surface area contributed by atoms with Crippen molar-refractivity contribution in [3.8, 4) is 11.5 Å². The van der Waals surface area contributed by atoms with Gasteiger partial charge < -0.3 is 25.0 Å². The summed E-state index contributed by atoms with van der Waals surface area (Å²) in [6.45, 7) is 10.3. The molecule has 0 heterocycles. The molecule has 1 rings (SSSR count). The van der Waals surface area contributed by atoms with Gasteiger partial charge in [0, 0.05) is 20.6 Å². The molecule has 1 unspecified atom stereocenters. The fourth-order valence-electron chi connectivity index (χ4n) is 2.35. The Kier molecular flexibility index (Phi) is 14.3. The van der Waals surface area contributed by atoms with Crippen LogP contribution in [0.3, 0.4) is 0 Å². The first-order chi connectivity index (χ1) is 13.4. The lowest BCUT2D eigenvalue weighted by atomic mass is 10.1. The minimum absolute atomic E-state index is 0. The predicted octanol–water partition coefficient (Wildman–Crippen LogP) is 3.59. The summed E-state index contributed by atoms with van der Waals surface area (Å²) < 4.78 is 11.7. The molecule has 0 aliphatic carbocycles. The van der Waals surface area contributed by atoms with E-state index < -0.39 is 0 Å². The summed E-state index contributed by atoms with van der Waals surface area (Å²) in [5.41, 5.74) is 1.06. The average molecular weight is 520 g/mol.